The number of carbonyl (C=O) groups is 2. The first-order chi connectivity index (χ1) is 15.6. The van der Waals surface area contributed by atoms with Crippen LogP contribution < -0.4 is 4.72 Å². The summed E-state index contributed by atoms with van der Waals surface area (Å²) in [5, 5.41) is 0. The molecule has 0 aliphatic heterocycles. The van der Waals surface area contributed by atoms with E-state index < -0.39 is 0 Å². The minimum Gasteiger partial charge on any atom is -0.468 e. The monoisotopic (exact) mass is 446 g/mol. The van der Waals surface area contributed by atoms with E-state index in [4.69, 9.17) is 0 Å². The van der Waals surface area contributed by atoms with Crippen LogP contribution in [0.3, 0.4) is 0 Å². The van der Waals surface area contributed by atoms with Gasteiger partial charge in [-0.2, -0.15) is 0 Å². The number of ether oxygens (including phenoxy) is 1. The fraction of sp³-hybridized carbons (Fsp3) is 0.154. The van der Waals surface area contributed by atoms with Crippen LogP contribution in [-0.2, 0) is 16.1 Å². The van der Waals surface area contributed by atoms with E-state index in [0.717, 1.165) is 16.0 Å². The first-order valence-electron chi connectivity index (χ1n) is 9.90. The summed E-state index contributed by atoms with van der Waals surface area (Å²) in [5.41, 5.74) is 3.53. The van der Waals surface area contributed by atoms with Crippen LogP contribution in [0.5, 0.6) is 0 Å². The molecule has 5 nitrogen and oxygen atoms in total. The van der Waals surface area contributed by atoms with Crippen molar-refractivity contribution in [2.45, 2.75) is 18.4 Å². The highest BCUT2D eigenvalue weighted by Crippen LogP contribution is 2.17. The largest absolute Gasteiger partial charge is 0.468 e. The lowest BCUT2D eigenvalue weighted by atomic mass is 10.1. The number of nitrogens with zero attached hydrogens (tertiary/aromatic N) is 1. The lowest BCUT2D eigenvalue weighted by molar-refractivity contribution is -0.139. The van der Waals surface area contributed by atoms with Crippen LogP contribution in [-0.4, -0.2) is 30.0 Å². The van der Waals surface area contributed by atoms with Gasteiger partial charge in [-0.05, 0) is 48.7 Å². The zero-order valence-electron chi connectivity index (χ0n) is 18.2. The highest BCUT2D eigenvalue weighted by molar-refractivity contribution is 7.97. The maximum absolute atomic E-state index is 12.8. The van der Waals surface area contributed by atoms with Crippen molar-refractivity contribution < 1.29 is 14.3 Å². The van der Waals surface area contributed by atoms with Crippen molar-refractivity contribution in [3.63, 3.8) is 0 Å². The maximum Gasteiger partial charge on any atom is 0.320 e. The van der Waals surface area contributed by atoms with Gasteiger partial charge in [0.1, 0.15) is 6.54 Å². The van der Waals surface area contributed by atoms with Crippen LogP contribution in [0.4, 0.5) is 0 Å². The number of aromatic nitrogens is 1. The minimum absolute atomic E-state index is 0.0171. The number of hydrogen-bond donors (Lipinski definition) is 1. The molecule has 0 amide bonds. The number of nitrogens with one attached hydrogen (secondary N) is 1. The number of esters is 1. The molecule has 3 rings (SSSR count). The van der Waals surface area contributed by atoms with E-state index in [1.54, 1.807) is 0 Å². The van der Waals surface area contributed by atoms with Crippen molar-refractivity contribution in [2.75, 3.05) is 13.7 Å². The zero-order valence-corrected chi connectivity index (χ0v) is 19.0. The van der Waals surface area contributed by atoms with Gasteiger partial charge in [0.15, 0.2) is 0 Å². The number of ketones is 1. The number of rotatable bonds is 9. The van der Waals surface area contributed by atoms with Crippen molar-refractivity contribution in [3.8, 4) is 12.8 Å². The Morgan fingerprint density at radius 2 is 1.84 bits per heavy atom. The van der Waals surface area contributed by atoms with Gasteiger partial charge >= 0.3 is 5.97 Å². The summed E-state index contributed by atoms with van der Waals surface area (Å²) < 4.78 is 9.52. The quantitative estimate of drug-likeness (QED) is 0.222. The summed E-state index contributed by atoms with van der Waals surface area (Å²) in [7, 11) is 1.37. The van der Waals surface area contributed by atoms with Crippen molar-refractivity contribution in [1.82, 2.24) is 9.29 Å². The first kappa shape index (κ1) is 24.7. The second-order valence-electron chi connectivity index (χ2n) is 6.72. The molecule has 0 spiro atoms. The Morgan fingerprint density at radius 1 is 1.09 bits per heavy atom. The van der Waals surface area contributed by atoms with Crippen LogP contribution in [0, 0.1) is 19.8 Å². The van der Waals surface area contributed by atoms with Crippen molar-refractivity contribution >= 4 is 29.8 Å². The second-order valence-corrected chi connectivity index (χ2v) is 7.68. The summed E-state index contributed by atoms with van der Waals surface area (Å²) in [5.74, 6) is -0.287. The summed E-state index contributed by atoms with van der Waals surface area (Å²) in [4.78, 5) is 25.0. The first-order valence-corrected chi connectivity index (χ1v) is 10.7. The predicted octanol–water partition coefficient (Wildman–Crippen LogP) is 4.76. The number of allylic oxidation sites excluding steroid dienone is 1. The topological polar surface area (TPSA) is 60.3 Å². The van der Waals surface area contributed by atoms with Gasteiger partial charge in [0, 0.05) is 23.2 Å². The number of benzene rings is 2. The van der Waals surface area contributed by atoms with E-state index in [1.807, 2.05) is 90.5 Å². The average molecular weight is 447 g/mol. The average Bonchev–Trinajstić information content (AvgIpc) is 3.29. The molecule has 0 radical (unpaired) electrons. The Bertz CT molecular complexity index is 1080. The molecule has 2 aromatic carbocycles. The van der Waals surface area contributed by atoms with Gasteiger partial charge in [0.25, 0.3) is 0 Å². The number of aryl methyl sites for hydroxylation is 1. The van der Waals surface area contributed by atoms with Gasteiger partial charge in [0.2, 0.25) is 5.78 Å². The van der Waals surface area contributed by atoms with Crippen molar-refractivity contribution in [3.05, 3.63) is 95.3 Å². The molecule has 164 valence electrons. The van der Waals surface area contributed by atoms with E-state index in [-0.39, 0.29) is 18.3 Å². The van der Waals surface area contributed by atoms with Crippen LogP contribution in [0.1, 0.15) is 27.2 Å². The molecule has 0 saturated carbocycles. The Labute approximate surface area is 193 Å². The molecule has 0 bridgehead atoms. The lowest BCUT2D eigenvalue weighted by Gasteiger charge is -2.07. The van der Waals surface area contributed by atoms with Crippen molar-refractivity contribution in [2.24, 2.45) is 0 Å². The molecule has 0 fully saturated rings. The Morgan fingerprint density at radius 3 is 2.56 bits per heavy atom. The van der Waals surface area contributed by atoms with Crippen LogP contribution in [0.15, 0.2) is 77.8 Å². The summed E-state index contributed by atoms with van der Waals surface area (Å²) in [6.07, 6.45) is 14.0. The zero-order chi connectivity index (χ0) is 23.3. The molecular weight excluding hydrogens is 420 g/mol. The molecule has 3 aromatic rings. The molecule has 1 N–H and O–H groups in total. The predicted molar refractivity (Wildman–Crippen MR) is 130 cm³/mol. The van der Waals surface area contributed by atoms with Crippen LogP contribution in [0.2, 0.25) is 0 Å². The van der Waals surface area contributed by atoms with Gasteiger partial charge in [-0.25, -0.2) is 4.72 Å². The molecule has 32 heavy (non-hydrogen) atoms. The third kappa shape index (κ3) is 7.31. The molecule has 1 aromatic heterocycles. The van der Waals surface area contributed by atoms with E-state index in [0.29, 0.717) is 17.8 Å². The summed E-state index contributed by atoms with van der Waals surface area (Å²) >= 11 is 1.38. The van der Waals surface area contributed by atoms with E-state index in [1.165, 1.54) is 19.1 Å². The second kappa shape index (κ2) is 13.0. The highest BCUT2D eigenvalue weighted by atomic mass is 32.2. The van der Waals surface area contributed by atoms with Gasteiger partial charge in [-0.1, -0.05) is 54.1 Å². The van der Waals surface area contributed by atoms with Crippen LogP contribution >= 0.6 is 11.9 Å². The molecule has 0 aliphatic rings. The standard InChI is InChI=1S/C24H24N2O3S.C2H2/c1-18-10-12-20(13-11-18)24(28)22-9-5-15-26(22)14-4-7-19-6-3-8-21(16-19)30-25-17-23(27)29-2;1-2/h3-13,15-16,25H,14,17H2,1-2H3;1-2H/b7-4+;. The van der Waals surface area contributed by atoms with Crippen molar-refractivity contribution in [1.29, 1.82) is 0 Å². The number of methoxy groups -OCH3 is 1. The Balaban J connectivity index is 0.00000176. The summed E-state index contributed by atoms with van der Waals surface area (Å²) in [6.45, 7) is 2.75. The number of hydrogen-bond acceptors (Lipinski definition) is 5. The Kier molecular flexibility index (Phi) is 10.1. The fourth-order valence-electron chi connectivity index (χ4n) is 2.87. The molecule has 0 aliphatic carbocycles. The molecule has 0 atom stereocenters. The van der Waals surface area contributed by atoms with E-state index in [9.17, 15) is 9.59 Å². The Hall–Kier alpha value is -3.53. The minimum atomic E-state index is -0.304. The normalized spacial score (nSPS) is 10.4. The SMILES string of the molecule is C#C.COC(=O)CNSc1cccc(/C=C/Cn2cccc2C(=O)c2ccc(C)cc2)c1. The van der Waals surface area contributed by atoms with Gasteiger partial charge in [-0.15, -0.1) is 12.8 Å². The molecule has 0 unspecified atom stereocenters. The molecule has 1 heterocycles. The lowest BCUT2D eigenvalue weighted by Crippen LogP contribution is -2.17. The van der Waals surface area contributed by atoms with Crippen LogP contribution in [0.25, 0.3) is 6.08 Å². The molecule has 6 heteroatoms. The third-order valence-electron chi connectivity index (χ3n) is 4.48. The molecule has 0 saturated heterocycles. The van der Waals surface area contributed by atoms with E-state index in [2.05, 4.69) is 22.3 Å². The maximum atomic E-state index is 12.8. The number of carbonyl (C=O) groups excluding carboxylic acids is 2. The smallest absolute Gasteiger partial charge is 0.320 e. The van der Waals surface area contributed by atoms with Gasteiger partial charge in [0.05, 0.1) is 12.8 Å². The highest BCUT2D eigenvalue weighted by Gasteiger charge is 2.12. The summed E-state index contributed by atoms with van der Waals surface area (Å²) in [6, 6.07) is 19.3. The molecular formula is C26H26N2O3S. The van der Waals surface area contributed by atoms with Gasteiger partial charge in [-0.3, -0.25) is 9.59 Å². The fourth-order valence-corrected chi connectivity index (χ4v) is 3.57. The van der Waals surface area contributed by atoms with E-state index >= 15 is 0 Å². The number of terminal acetylenes is 1. The van der Waals surface area contributed by atoms with Gasteiger partial charge < -0.3 is 9.30 Å². The third-order valence-corrected chi connectivity index (χ3v) is 5.26.